The summed E-state index contributed by atoms with van der Waals surface area (Å²) in [6.07, 6.45) is 0.814. The van der Waals surface area contributed by atoms with E-state index in [1.807, 2.05) is 0 Å². The zero-order valence-corrected chi connectivity index (χ0v) is 20.0. The first kappa shape index (κ1) is 25.8. The van der Waals surface area contributed by atoms with Crippen LogP contribution in [-0.4, -0.2) is 51.1 Å². The molecule has 1 atom stereocenters. The molecular formula is C22H27F3IN5O. The predicted molar refractivity (Wildman–Crippen MR) is 130 cm³/mol. The fraction of sp³-hybridized carbons (Fsp3) is 0.364. The fourth-order valence-electron chi connectivity index (χ4n) is 3.54. The van der Waals surface area contributed by atoms with Gasteiger partial charge >= 0.3 is 0 Å². The van der Waals surface area contributed by atoms with Gasteiger partial charge in [-0.15, -0.1) is 24.0 Å². The average molecular weight is 561 g/mol. The minimum absolute atomic E-state index is 0. The molecule has 6 nitrogen and oxygen atoms in total. The molecule has 32 heavy (non-hydrogen) atoms. The summed E-state index contributed by atoms with van der Waals surface area (Å²) >= 11 is 0. The number of carbonyl (C=O) groups is 1. The van der Waals surface area contributed by atoms with Crippen LogP contribution >= 0.6 is 24.0 Å². The van der Waals surface area contributed by atoms with E-state index in [2.05, 4.69) is 20.9 Å². The molecule has 2 aromatic carbocycles. The van der Waals surface area contributed by atoms with E-state index in [9.17, 15) is 18.0 Å². The first-order valence-electron chi connectivity index (χ1n) is 10.1. The largest absolute Gasteiger partial charge is 0.365 e. The maximum Gasteiger partial charge on any atom is 0.224 e. The third-order valence-electron chi connectivity index (χ3n) is 5.00. The lowest BCUT2D eigenvalue weighted by Crippen LogP contribution is -2.46. The fourth-order valence-corrected chi connectivity index (χ4v) is 3.54. The van der Waals surface area contributed by atoms with Gasteiger partial charge in [-0.3, -0.25) is 9.79 Å². The lowest BCUT2D eigenvalue weighted by Gasteiger charge is -2.21. The Hall–Kier alpha value is -2.50. The molecule has 0 spiro atoms. The van der Waals surface area contributed by atoms with Gasteiger partial charge < -0.3 is 20.9 Å². The molecule has 3 rings (SSSR count). The van der Waals surface area contributed by atoms with Crippen LogP contribution in [0.1, 0.15) is 12.0 Å². The van der Waals surface area contributed by atoms with Crippen molar-refractivity contribution in [1.29, 1.82) is 0 Å². The van der Waals surface area contributed by atoms with Crippen LogP contribution in [0.5, 0.6) is 0 Å². The van der Waals surface area contributed by atoms with Crippen molar-refractivity contribution in [2.75, 3.05) is 38.1 Å². The number of anilines is 1. The summed E-state index contributed by atoms with van der Waals surface area (Å²) in [4.78, 5) is 17.8. The van der Waals surface area contributed by atoms with Crippen molar-refractivity contribution in [1.82, 2.24) is 16.0 Å². The Labute approximate surface area is 202 Å². The Bertz CT molecular complexity index is 923. The molecule has 1 aliphatic rings. The Morgan fingerprint density at radius 1 is 1.09 bits per heavy atom. The highest BCUT2D eigenvalue weighted by molar-refractivity contribution is 14.0. The minimum atomic E-state index is -0.572. The molecule has 1 amide bonds. The molecule has 174 valence electrons. The van der Waals surface area contributed by atoms with Gasteiger partial charge in [-0.05, 0) is 36.2 Å². The lowest BCUT2D eigenvalue weighted by molar-refractivity contribution is -0.120. The van der Waals surface area contributed by atoms with E-state index in [0.29, 0.717) is 44.1 Å². The summed E-state index contributed by atoms with van der Waals surface area (Å²) in [7, 11) is 1.63. The number of para-hydroxylation sites is 1. The second-order valence-electron chi connectivity index (χ2n) is 7.30. The summed E-state index contributed by atoms with van der Waals surface area (Å²) in [5.41, 5.74) is 0.607. The first-order chi connectivity index (χ1) is 15.0. The third kappa shape index (κ3) is 7.28. The number of halogens is 4. The summed E-state index contributed by atoms with van der Waals surface area (Å²) in [6.45, 7) is 1.78. The van der Waals surface area contributed by atoms with Gasteiger partial charge in [0, 0.05) is 39.3 Å². The maximum absolute atomic E-state index is 14.0. The lowest BCUT2D eigenvalue weighted by atomic mass is 10.1. The number of hydrogen-bond donors (Lipinski definition) is 3. The molecular weight excluding hydrogens is 534 g/mol. The number of carbonyl (C=O) groups excluding carboxylic acids is 1. The monoisotopic (exact) mass is 561 g/mol. The van der Waals surface area contributed by atoms with Crippen LogP contribution in [0.25, 0.3) is 0 Å². The van der Waals surface area contributed by atoms with Gasteiger partial charge in [0.15, 0.2) is 5.96 Å². The Morgan fingerprint density at radius 2 is 1.78 bits per heavy atom. The van der Waals surface area contributed by atoms with E-state index in [1.165, 1.54) is 30.3 Å². The van der Waals surface area contributed by atoms with Gasteiger partial charge in [0.1, 0.15) is 23.1 Å². The molecule has 1 heterocycles. The zero-order chi connectivity index (χ0) is 22.2. The van der Waals surface area contributed by atoms with Crippen LogP contribution in [0.15, 0.2) is 47.5 Å². The molecule has 2 aromatic rings. The average Bonchev–Trinajstić information content (AvgIpc) is 3.18. The highest BCUT2D eigenvalue weighted by atomic mass is 127. The van der Waals surface area contributed by atoms with Crippen molar-refractivity contribution in [2.45, 2.75) is 18.9 Å². The van der Waals surface area contributed by atoms with Crippen molar-refractivity contribution >= 4 is 41.5 Å². The van der Waals surface area contributed by atoms with E-state index >= 15 is 0 Å². The quantitative estimate of drug-likeness (QED) is 0.211. The van der Waals surface area contributed by atoms with Gasteiger partial charge in [0.25, 0.3) is 0 Å². The van der Waals surface area contributed by atoms with Crippen molar-refractivity contribution in [3.63, 3.8) is 0 Å². The zero-order valence-electron chi connectivity index (χ0n) is 17.7. The number of hydrogen-bond acceptors (Lipinski definition) is 3. The van der Waals surface area contributed by atoms with Crippen LogP contribution < -0.4 is 20.9 Å². The van der Waals surface area contributed by atoms with E-state index < -0.39 is 11.6 Å². The molecule has 1 aliphatic heterocycles. The van der Waals surface area contributed by atoms with Crippen LogP contribution in [-0.2, 0) is 11.2 Å². The summed E-state index contributed by atoms with van der Waals surface area (Å²) in [6, 6.07) is 9.77. The SMILES string of the molecule is CN=C(NCCNC(=O)Cc1cccc(F)c1)NC1CCN(c2c(F)cccc2F)C1.I. The summed E-state index contributed by atoms with van der Waals surface area (Å²) in [5, 5.41) is 9.10. The number of rotatable bonds is 7. The molecule has 1 saturated heterocycles. The molecule has 0 saturated carbocycles. The van der Waals surface area contributed by atoms with E-state index in [1.54, 1.807) is 24.1 Å². The summed E-state index contributed by atoms with van der Waals surface area (Å²) < 4.78 is 41.2. The highest BCUT2D eigenvalue weighted by Gasteiger charge is 2.27. The van der Waals surface area contributed by atoms with Gasteiger partial charge in [0.2, 0.25) is 5.91 Å². The van der Waals surface area contributed by atoms with E-state index in [-0.39, 0.29) is 53.9 Å². The molecule has 1 unspecified atom stereocenters. The van der Waals surface area contributed by atoms with Crippen LogP contribution in [0.4, 0.5) is 18.9 Å². The van der Waals surface area contributed by atoms with Crippen molar-refractivity contribution in [3.05, 3.63) is 65.5 Å². The normalized spacial score (nSPS) is 15.8. The van der Waals surface area contributed by atoms with Crippen molar-refractivity contribution in [3.8, 4) is 0 Å². The standard InChI is InChI=1S/C22H26F3N5O.HI/c1-26-22(28-10-9-27-20(31)13-15-4-2-5-16(23)12-15)29-17-8-11-30(14-17)21-18(24)6-3-7-19(21)25;/h2-7,12,17H,8-11,13-14H2,1H3,(H,27,31)(H2,26,28,29);1H. The first-order valence-corrected chi connectivity index (χ1v) is 10.1. The smallest absolute Gasteiger partial charge is 0.224 e. The molecule has 0 aliphatic carbocycles. The topological polar surface area (TPSA) is 68.8 Å². The Balaban J connectivity index is 0.00000363. The number of amides is 1. The number of guanidine groups is 1. The second kappa shape index (κ2) is 12.5. The highest BCUT2D eigenvalue weighted by Crippen LogP contribution is 2.26. The summed E-state index contributed by atoms with van der Waals surface area (Å²) in [5.74, 6) is -1.17. The number of nitrogens with zero attached hydrogens (tertiary/aromatic N) is 2. The van der Waals surface area contributed by atoms with E-state index in [4.69, 9.17) is 0 Å². The van der Waals surface area contributed by atoms with Crippen molar-refractivity contribution in [2.24, 2.45) is 4.99 Å². The van der Waals surface area contributed by atoms with Crippen LogP contribution in [0.3, 0.4) is 0 Å². The third-order valence-corrected chi connectivity index (χ3v) is 5.00. The Kier molecular flexibility index (Phi) is 10.1. The molecule has 0 radical (unpaired) electrons. The van der Waals surface area contributed by atoms with Crippen LogP contribution in [0, 0.1) is 17.5 Å². The predicted octanol–water partition coefficient (Wildman–Crippen LogP) is 2.82. The van der Waals surface area contributed by atoms with Gasteiger partial charge in [0.05, 0.1) is 6.42 Å². The van der Waals surface area contributed by atoms with Gasteiger partial charge in [-0.2, -0.15) is 0 Å². The van der Waals surface area contributed by atoms with Crippen LogP contribution in [0.2, 0.25) is 0 Å². The molecule has 0 bridgehead atoms. The molecule has 3 N–H and O–H groups in total. The number of nitrogens with one attached hydrogen (secondary N) is 3. The number of aliphatic imine (C=N–C) groups is 1. The number of benzene rings is 2. The van der Waals surface area contributed by atoms with Crippen molar-refractivity contribution < 1.29 is 18.0 Å². The molecule has 1 fully saturated rings. The van der Waals surface area contributed by atoms with Gasteiger partial charge in [-0.25, -0.2) is 13.2 Å². The Morgan fingerprint density at radius 3 is 2.47 bits per heavy atom. The van der Waals surface area contributed by atoms with E-state index in [0.717, 1.165) is 0 Å². The molecule has 0 aromatic heterocycles. The molecule has 10 heteroatoms. The minimum Gasteiger partial charge on any atom is -0.365 e. The maximum atomic E-state index is 14.0. The van der Waals surface area contributed by atoms with Gasteiger partial charge in [-0.1, -0.05) is 18.2 Å². The second-order valence-corrected chi connectivity index (χ2v) is 7.30.